The van der Waals surface area contributed by atoms with Gasteiger partial charge in [-0.1, -0.05) is 6.08 Å². The highest BCUT2D eigenvalue weighted by molar-refractivity contribution is 7.36. The van der Waals surface area contributed by atoms with Crippen molar-refractivity contribution in [1.29, 1.82) is 0 Å². The number of amides is 1. The molecule has 0 aromatic rings. The molecule has 0 aliphatic carbocycles. The summed E-state index contributed by atoms with van der Waals surface area (Å²) < 4.78 is 4.87. The average molecular weight is 143 g/mol. The van der Waals surface area contributed by atoms with E-state index in [1.165, 1.54) is 0 Å². The van der Waals surface area contributed by atoms with Crippen LogP contribution in [0.1, 0.15) is 0 Å². The van der Waals surface area contributed by atoms with Crippen LogP contribution >= 0.6 is 8.81 Å². The molecule has 2 N–H and O–H groups in total. The van der Waals surface area contributed by atoms with Crippen LogP contribution in [0.4, 0.5) is 0 Å². The van der Waals surface area contributed by atoms with Crippen LogP contribution in [-0.4, -0.2) is 5.91 Å². The Morgan fingerprint density at radius 3 is 2.89 bits per heavy atom. The van der Waals surface area contributed by atoms with Gasteiger partial charge in [-0.15, -0.1) is 0 Å². The van der Waals surface area contributed by atoms with Gasteiger partial charge in [0.25, 0.3) is 5.91 Å². The third-order valence-corrected chi connectivity index (χ3v) is 1.49. The Labute approximate surface area is 54.4 Å². The summed E-state index contributed by atoms with van der Waals surface area (Å²) in [6.45, 7) is 0. The lowest BCUT2D eigenvalue weighted by atomic mass is 10.4. The molecule has 1 unspecified atom stereocenters. The summed E-state index contributed by atoms with van der Waals surface area (Å²) >= 11 is 0. The molecular formula is C5H6NO2P. The lowest BCUT2D eigenvalue weighted by Crippen LogP contribution is -2.14. The molecule has 1 amide bonds. The van der Waals surface area contributed by atoms with E-state index in [1.54, 1.807) is 12.2 Å². The topological polar surface area (TPSA) is 52.3 Å². The van der Waals surface area contributed by atoms with Gasteiger partial charge in [-0.3, -0.25) is 4.79 Å². The van der Waals surface area contributed by atoms with Crippen LogP contribution in [0.5, 0.6) is 0 Å². The number of rotatable bonds is 1. The number of hydrogen-bond acceptors (Lipinski definition) is 2. The number of carbonyl (C=O) groups excluding carboxylic acids is 1. The molecule has 3 nitrogen and oxygen atoms in total. The van der Waals surface area contributed by atoms with Crippen LogP contribution in [0.2, 0.25) is 0 Å². The molecule has 0 aromatic carbocycles. The van der Waals surface area contributed by atoms with E-state index in [-0.39, 0.29) is 14.6 Å². The number of primary amides is 1. The predicted octanol–water partition coefficient (Wildman–Crippen LogP) is 0.493. The van der Waals surface area contributed by atoms with Crippen LogP contribution in [0.15, 0.2) is 23.7 Å². The van der Waals surface area contributed by atoms with Crippen LogP contribution < -0.4 is 5.73 Å². The molecule has 0 bridgehead atoms. The van der Waals surface area contributed by atoms with Gasteiger partial charge in [-0.05, 0) is 11.9 Å². The molecule has 9 heavy (non-hydrogen) atoms. The smallest absolute Gasteiger partial charge is 0.284 e. The van der Waals surface area contributed by atoms with Crippen LogP contribution in [0.3, 0.4) is 0 Å². The highest BCUT2D eigenvalue weighted by Gasteiger charge is 2.05. The normalized spacial score (nSPS) is 18.9. The van der Waals surface area contributed by atoms with Gasteiger partial charge in [0.15, 0.2) is 5.76 Å². The Morgan fingerprint density at radius 2 is 2.56 bits per heavy atom. The van der Waals surface area contributed by atoms with Crippen LogP contribution in [0.25, 0.3) is 0 Å². The molecule has 0 radical (unpaired) electrons. The molecule has 48 valence electrons. The molecular weight excluding hydrogens is 137 g/mol. The van der Waals surface area contributed by atoms with E-state index in [0.29, 0.717) is 0 Å². The SMILES string of the molecule is NC(=O)C1=CC=CPO1. The minimum atomic E-state index is -0.508. The van der Waals surface area contributed by atoms with E-state index in [4.69, 9.17) is 10.3 Å². The quantitative estimate of drug-likeness (QED) is 0.543. The average Bonchev–Trinajstić information content (AvgIpc) is 1.90. The fourth-order valence-electron chi connectivity index (χ4n) is 0.439. The molecule has 1 aliphatic rings. The number of carbonyl (C=O) groups is 1. The highest BCUT2D eigenvalue weighted by Crippen LogP contribution is 2.22. The van der Waals surface area contributed by atoms with Gasteiger partial charge in [0, 0.05) is 0 Å². The molecule has 1 rings (SSSR count). The maximum atomic E-state index is 10.4. The number of allylic oxidation sites excluding steroid dienone is 2. The minimum Gasteiger partial charge on any atom is -0.467 e. The standard InChI is InChI=1S/C5H6NO2P/c6-5(7)4-2-1-3-9-8-4/h1-3,9H,(H2,6,7). The number of hydrogen-bond donors (Lipinski definition) is 1. The largest absolute Gasteiger partial charge is 0.467 e. The zero-order valence-electron chi connectivity index (χ0n) is 4.63. The minimum absolute atomic E-state index is 0.225. The summed E-state index contributed by atoms with van der Waals surface area (Å²) in [6.07, 6.45) is 3.31. The molecule has 4 heteroatoms. The van der Waals surface area contributed by atoms with Crippen LogP contribution in [0, 0.1) is 0 Å². The van der Waals surface area contributed by atoms with E-state index in [0.717, 1.165) is 0 Å². The first-order chi connectivity index (χ1) is 4.30. The Balaban J connectivity index is 2.68. The van der Waals surface area contributed by atoms with E-state index < -0.39 is 5.91 Å². The van der Waals surface area contributed by atoms with Gasteiger partial charge in [0.1, 0.15) is 0 Å². The Kier molecular flexibility index (Phi) is 1.85. The van der Waals surface area contributed by atoms with E-state index in [1.807, 2.05) is 5.82 Å². The molecule has 0 spiro atoms. The van der Waals surface area contributed by atoms with Gasteiger partial charge in [-0.2, -0.15) is 0 Å². The fraction of sp³-hybridized carbons (Fsp3) is 0. The third-order valence-electron chi connectivity index (χ3n) is 0.824. The molecule has 0 saturated carbocycles. The van der Waals surface area contributed by atoms with E-state index in [9.17, 15) is 4.79 Å². The molecule has 1 heterocycles. The summed E-state index contributed by atoms with van der Waals surface area (Å²) in [7, 11) is 0.225. The Hall–Kier alpha value is -0.820. The van der Waals surface area contributed by atoms with Crippen molar-refractivity contribution in [2.24, 2.45) is 5.73 Å². The first-order valence-corrected chi connectivity index (χ1v) is 3.38. The van der Waals surface area contributed by atoms with Crippen molar-refractivity contribution in [2.75, 3.05) is 0 Å². The van der Waals surface area contributed by atoms with Crippen molar-refractivity contribution in [2.45, 2.75) is 0 Å². The summed E-state index contributed by atoms with van der Waals surface area (Å²) in [5.74, 6) is 1.56. The third kappa shape index (κ3) is 1.54. The maximum Gasteiger partial charge on any atom is 0.284 e. The monoisotopic (exact) mass is 143 g/mol. The van der Waals surface area contributed by atoms with Gasteiger partial charge in [-0.25, -0.2) is 0 Å². The molecule has 0 aromatic heterocycles. The van der Waals surface area contributed by atoms with Crippen LogP contribution in [-0.2, 0) is 9.32 Å². The second-order valence-corrected chi connectivity index (χ2v) is 2.25. The lowest BCUT2D eigenvalue weighted by molar-refractivity contribution is -0.116. The van der Waals surface area contributed by atoms with Crippen molar-refractivity contribution in [1.82, 2.24) is 0 Å². The second kappa shape index (κ2) is 2.65. The first kappa shape index (κ1) is 6.30. The van der Waals surface area contributed by atoms with Gasteiger partial charge < -0.3 is 10.3 Å². The van der Waals surface area contributed by atoms with Gasteiger partial charge >= 0.3 is 0 Å². The molecule has 1 atom stereocenters. The lowest BCUT2D eigenvalue weighted by Gasteiger charge is -2.05. The maximum absolute atomic E-state index is 10.4. The highest BCUT2D eigenvalue weighted by atomic mass is 31.1. The van der Waals surface area contributed by atoms with Gasteiger partial charge in [0.2, 0.25) is 0 Å². The van der Waals surface area contributed by atoms with Crippen molar-refractivity contribution in [3.8, 4) is 0 Å². The molecule has 0 saturated heterocycles. The second-order valence-electron chi connectivity index (χ2n) is 1.47. The Bertz CT molecular complexity index is 185. The zero-order valence-corrected chi connectivity index (χ0v) is 5.63. The fourth-order valence-corrected chi connectivity index (χ4v) is 0.977. The van der Waals surface area contributed by atoms with Crippen molar-refractivity contribution in [3.05, 3.63) is 23.7 Å². The summed E-state index contributed by atoms with van der Waals surface area (Å²) in [6, 6.07) is 0. The summed E-state index contributed by atoms with van der Waals surface area (Å²) in [4.78, 5) is 10.4. The number of nitrogens with two attached hydrogens (primary N) is 1. The van der Waals surface area contributed by atoms with Gasteiger partial charge in [0.05, 0.1) is 8.81 Å². The van der Waals surface area contributed by atoms with E-state index in [2.05, 4.69) is 0 Å². The molecule has 0 fully saturated rings. The zero-order chi connectivity index (χ0) is 6.69. The van der Waals surface area contributed by atoms with Crippen molar-refractivity contribution < 1.29 is 9.32 Å². The predicted molar refractivity (Wildman–Crippen MR) is 35.8 cm³/mol. The summed E-state index contributed by atoms with van der Waals surface area (Å²) in [5, 5.41) is 0. The summed E-state index contributed by atoms with van der Waals surface area (Å²) in [5.41, 5.74) is 4.91. The van der Waals surface area contributed by atoms with Crippen molar-refractivity contribution >= 4 is 14.7 Å². The molecule has 1 aliphatic heterocycles. The Morgan fingerprint density at radius 1 is 1.78 bits per heavy atom. The first-order valence-electron chi connectivity index (χ1n) is 2.40. The van der Waals surface area contributed by atoms with Crippen molar-refractivity contribution in [3.63, 3.8) is 0 Å². The van der Waals surface area contributed by atoms with E-state index >= 15 is 0 Å².